The molecule has 0 aliphatic carbocycles. The number of unbranched alkanes of at least 4 members (excludes halogenated alkanes) is 6. The third kappa shape index (κ3) is 13.9. The van der Waals surface area contributed by atoms with Crippen LogP contribution < -0.4 is 14.8 Å². The molecule has 0 aromatic heterocycles. The minimum atomic E-state index is -0.388. The number of benzene rings is 2. The van der Waals surface area contributed by atoms with E-state index >= 15 is 0 Å². The molecule has 1 amide bonds. The molecular weight excluding hydrogens is 498 g/mol. The Morgan fingerprint density at radius 1 is 0.590 bits per heavy atom. The average molecular weight is 538 g/mol. The van der Waals surface area contributed by atoms with E-state index in [4.69, 9.17) is 18.9 Å². The van der Waals surface area contributed by atoms with E-state index in [1.54, 1.807) is 24.3 Å². The first-order chi connectivity index (χ1) is 19.0. The second-order valence-corrected chi connectivity index (χ2v) is 8.77. The van der Waals surface area contributed by atoms with Gasteiger partial charge in [-0.1, -0.05) is 13.2 Å². The van der Waals surface area contributed by atoms with Crippen molar-refractivity contribution >= 4 is 23.5 Å². The molecule has 0 fully saturated rings. The van der Waals surface area contributed by atoms with Crippen LogP contribution in [0.1, 0.15) is 61.7 Å². The van der Waals surface area contributed by atoms with E-state index in [2.05, 4.69) is 18.5 Å². The molecule has 8 heteroatoms. The van der Waals surface area contributed by atoms with Gasteiger partial charge in [-0.3, -0.25) is 4.79 Å². The zero-order valence-corrected chi connectivity index (χ0v) is 22.5. The maximum atomic E-state index is 12.6. The summed E-state index contributed by atoms with van der Waals surface area (Å²) >= 11 is 0. The summed E-state index contributed by atoms with van der Waals surface area (Å²) in [6, 6.07) is 14.3. The molecule has 210 valence electrons. The molecule has 2 aromatic rings. The minimum absolute atomic E-state index is 0.203. The van der Waals surface area contributed by atoms with E-state index in [1.165, 1.54) is 12.2 Å². The van der Waals surface area contributed by atoms with Gasteiger partial charge in [-0.2, -0.15) is 0 Å². The number of anilines is 1. The predicted molar refractivity (Wildman–Crippen MR) is 151 cm³/mol. The van der Waals surface area contributed by atoms with Gasteiger partial charge in [0.2, 0.25) is 0 Å². The van der Waals surface area contributed by atoms with Crippen LogP contribution in [0.3, 0.4) is 0 Å². The Morgan fingerprint density at radius 2 is 1.00 bits per heavy atom. The van der Waals surface area contributed by atoms with E-state index in [0.29, 0.717) is 43.4 Å². The number of hydrogen-bond acceptors (Lipinski definition) is 7. The average Bonchev–Trinajstić information content (AvgIpc) is 2.96. The van der Waals surface area contributed by atoms with Gasteiger partial charge in [0.15, 0.2) is 0 Å². The summed E-state index contributed by atoms with van der Waals surface area (Å²) in [4.78, 5) is 34.5. The number of hydrogen-bond donors (Lipinski definition) is 1. The molecule has 0 aliphatic heterocycles. The topological polar surface area (TPSA) is 100 Å². The van der Waals surface area contributed by atoms with E-state index in [-0.39, 0.29) is 17.8 Å². The van der Waals surface area contributed by atoms with Gasteiger partial charge in [0.25, 0.3) is 5.91 Å². The number of rotatable bonds is 20. The number of carbonyl (C=O) groups is 3. The van der Waals surface area contributed by atoms with E-state index in [0.717, 1.165) is 57.1 Å². The second-order valence-electron chi connectivity index (χ2n) is 8.77. The van der Waals surface area contributed by atoms with E-state index < -0.39 is 0 Å². The molecule has 2 rings (SSSR count). The maximum absolute atomic E-state index is 12.6. The highest BCUT2D eigenvalue weighted by Crippen LogP contribution is 2.18. The van der Waals surface area contributed by atoms with Crippen molar-refractivity contribution in [3.05, 3.63) is 79.4 Å². The molecule has 0 saturated carbocycles. The van der Waals surface area contributed by atoms with Crippen LogP contribution in [0.15, 0.2) is 73.8 Å². The first-order valence-electron chi connectivity index (χ1n) is 13.4. The molecule has 8 nitrogen and oxygen atoms in total. The highest BCUT2D eigenvalue weighted by atomic mass is 16.5. The van der Waals surface area contributed by atoms with Crippen molar-refractivity contribution in [3.63, 3.8) is 0 Å². The molecule has 0 aliphatic rings. The van der Waals surface area contributed by atoms with Crippen molar-refractivity contribution in [2.45, 2.75) is 51.4 Å². The minimum Gasteiger partial charge on any atom is -0.494 e. The summed E-state index contributed by atoms with van der Waals surface area (Å²) in [6.07, 6.45) is 9.66. The second kappa shape index (κ2) is 19.1. The highest BCUT2D eigenvalue weighted by Gasteiger charge is 2.07. The Labute approximate surface area is 231 Å². The lowest BCUT2D eigenvalue weighted by Gasteiger charge is -2.10. The summed E-state index contributed by atoms with van der Waals surface area (Å²) in [5, 5.41) is 2.89. The van der Waals surface area contributed by atoms with Crippen LogP contribution in [0.2, 0.25) is 0 Å². The quantitative estimate of drug-likeness (QED) is 0.121. The monoisotopic (exact) mass is 537 g/mol. The van der Waals surface area contributed by atoms with Crippen LogP contribution in [0.4, 0.5) is 5.69 Å². The molecule has 2 aromatic carbocycles. The highest BCUT2D eigenvalue weighted by molar-refractivity contribution is 6.04. The van der Waals surface area contributed by atoms with Gasteiger partial charge in [-0.05, 0) is 99.9 Å². The molecule has 1 N–H and O–H groups in total. The van der Waals surface area contributed by atoms with Crippen molar-refractivity contribution in [1.82, 2.24) is 0 Å². The molecule has 39 heavy (non-hydrogen) atoms. The Bertz CT molecular complexity index is 1030. The van der Waals surface area contributed by atoms with Crippen LogP contribution >= 0.6 is 0 Å². The van der Waals surface area contributed by atoms with Crippen LogP contribution in [0.25, 0.3) is 0 Å². The molecule has 0 bridgehead atoms. The van der Waals surface area contributed by atoms with Crippen molar-refractivity contribution < 1.29 is 33.3 Å². The lowest BCUT2D eigenvalue weighted by atomic mass is 10.2. The molecule has 0 unspecified atom stereocenters. The number of amides is 1. The summed E-state index contributed by atoms with van der Waals surface area (Å²) in [5.74, 6) is 0.477. The first kappa shape index (κ1) is 31.1. The Kier molecular flexibility index (Phi) is 15.2. The summed E-state index contributed by atoms with van der Waals surface area (Å²) in [7, 11) is 0. The van der Waals surface area contributed by atoms with E-state index in [1.807, 2.05) is 24.3 Å². The fourth-order valence-corrected chi connectivity index (χ4v) is 3.50. The molecule has 0 radical (unpaired) electrons. The smallest absolute Gasteiger partial charge is 0.330 e. The zero-order valence-electron chi connectivity index (χ0n) is 22.5. The van der Waals surface area contributed by atoms with Gasteiger partial charge >= 0.3 is 11.9 Å². The van der Waals surface area contributed by atoms with Gasteiger partial charge < -0.3 is 24.3 Å². The Hall–Kier alpha value is -4.07. The fraction of sp³-hybridized carbons (Fsp3) is 0.387. The Morgan fingerprint density at radius 3 is 1.44 bits per heavy atom. The van der Waals surface area contributed by atoms with Crippen molar-refractivity contribution in [3.8, 4) is 11.5 Å². The normalized spacial score (nSPS) is 10.3. The SMILES string of the molecule is C=CC(=O)OCCCCCCOc1ccc(NC(=O)c2ccc(OCCCCCCOC(=O)C=C)cc2)cc1. The van der Waals surface area contributed by atoms with Crippen LogP contribution in [0, 0.1) is 0 Å². The standard InChI is InChI=1S/C31H39NO7/c1-3-29(33)38-23-11-7-5-9-21-36-27-17-13-25(14-18-27)31(35)32-26-15-19-28(20-16-26)37-22-10-6-8-12-24-39-30(34)4-2/h3-4,13-20H,1-2,5-12,21-24H2,(H,32,35). The fourth-order valence-electron chi connectivity index (χ4n) is 3.50. The first-order valence-corrected chi connectivity index (χ1v) is 13.4. The van der Waals surface area contributed by atoms with Crippen molar-refractivity contribution in [1.29, 1.82) is 0 Å². The Balaban J connectivity index is 1.58. The number of esters is 2. The molecule has 0 atom stereocenters. The van der Waals surface area contributed by atoms with Crippen LogP contribution in [0.5, 0.6) is 11.5 Å². The molecule has 0 spiro atoms. The van der Waals surface area contributed by atoms with Crippen molar-refractivity contribution in [2.75, 3.05) is 31.7 Å². The van der Waals surface area contributed by atoms with Gasteiger partial charge in [-0.15, -0.1) is 0 Å². The van der Waals surface area contributed by atoms with Gasteiger partial charge in [0.1, 0.15) is 11.5 Å². The molecular formula is C31H39NO7. The summed E-state index contributed by atoms with van der Waals surface area (Å²) in [5.41, 5.74) is 1.22. The van der Waals surface area contributed by atoms with Gasteiger partial charge in [0, 0.05) is 23.4 Å². The van der Waals surface area contributed by atoms with Crippen molar-refractivity contribution in [2.24, 2.45) is 0 Å². The lowest BCUT2D eigenvalue weighted by Crippen LogP contribution is -2.11. The van der Waals surface area contributed by atoms with Gasteiger partial charge in [0.05, 0.1) is 26.4 Å². The molecule has 0 saturated heterocycles. The largest absolute Gasteiger partial charge is 0.494 e. The van der Waals surface area contributed by atoms with Crippen LogP contribution in [-0.2, 0) is 19.1 Å². The third-order valence-corrected chi connectivity index (χ3v) is 5.67. The summed E-state index contributed by atoms with van der Waals surface area (Å²) in [6.45, 7) is 8.73. The maximum Gasteiger partial charge on any atom is 0.330 e. The third-order valence-electron chi connectivity index (χ3n) is 5.67. The molecule has 0 heterocycles. The number of carbonyl (C=O) groups excluding carboxylic acids is 3. The number of nitrogens with one attached hydrogen (secondary N) is 1. The zero-order chi connectivity index (χ0) is 28.1. The van der Waals surface area contributed by atoms with Crippen LogP contribution in [-0.4, -0.2) is 44.3 Å². The van der Waals surface area contributed by atoms with Gasteiger partial charge in [-0.25, -0.2) is 9.59 Å². The lowest BCUT2D eigenvalue weighted by molar-refractivity contribution is -0.138. The summed E-state index contributed by atoms with van der Waals surface area (Å²) < 4.78 is 21.4. The predicted octanol–water partition coefficient (Wildman–Crippen LogP) is 6.28. The number of ether oxygens (including phenoxy) is 4. The van der Waals surface area contributed by atoms with E-state index in [9.17, 15) is 14.4 Å².